The van der Waals surface area contributed by atoms with Crippen molar-refractivity contribution >= 4 is 22.9 Å². The van der Waals surface area contributed by atoms with Gasteiger partial charge in [0, 0.05) is 12.6 Å². The molecule has 0 amide bonds. The average molecular weight is 313 g/mol. The van der Waals surface area contributed by atoms with Crippen molar-refractivity contribution in [1.82, 2.24) is 14.5 Å². The Labute approximate surface area is 132 Å². The molecule has 0 aliphatic carbocycles. The molecule has 0 radical (unpaired) electrons. The van der Waals surface area contributed by atoms with Crippen LogP contribution in [-0.2, 0) is 6.42 Å². The summed E-state index contributed by atoms with van der Waals surface area (Å²) in [4.78, 5) is 9.27. The molecule has 0 bridgehead atoms. The van der Waals surface area contributed by atoms with Crippen LogP contribution in [0.25, 0.3) is 11.2 Å². The summed E-state index contributed by atoms with van der Waals surface area (Å²) in [6.45, 7) is 0. The van der Waals surface area contributed by atoms with E-state index in [1.807, 2.05) is 36.2 Å². The number of nitrogens with zero attached hydrogens (tertiary/aromatic N) is 3. The Morgan fingerprint density at radius 3 is 3.05 bits per heavy atom. The number of halogens is 1. The molecule has 1 atom stereocenters. The van der Waals surface area contributed by atoms with Gasteiger partial charge in [-0.15, -0.1) is 11.8 Å². The first-order valence-electron chi connectivity index (χ1n) is 7.49. The molecule has 22 heavy (non-hydrogen) atoms. The molecule has 2 aromatic heterocycles. The molecule has 3 heterocycles. The zero-order valence-electron chi connectivity index (χ0n) is 12.1. The summed E-state index contributed by atoms with van der Waals surface area (Å²) in [5, 5.41) is 0.392. The first-order chi connectivity index (χ1) is 10.8. The molecule has 0 N–H and O–H groups in total. The van der Waals surface area contributed by atoms with Gasteiger partial charge in [0.15, 0.2) is 5.65 Å². The lowest BCUT2D eigenvalue weighted by atomic mass is 10.1. The summed E-state index contributed by atoms with van der Waals surface area (Å²) in [7, 11) is 0. The van der Waals surface area contributed by atoms with Gasteiger partial charge in [0.05, 0.1) is 5.37 Å². The Morgan fingerprint density at radius 1 is 1.27 bits per heavy atom. The zero-order chi connectivity index (χ0) is 14.9. The smallest absolute Gasteiger partial charge is 0.160 e. The molecule has 5 heteroatoms. The minimum absolute atomic E-state index is 0.200. The van der Waals surface area contributed by atoms with Gasteiger partial charge in [-0.3, -0.25) is 4.57 Å². The Bertz CT molecular complexity index is 809. The standard InChI is InChI=1S/C17H16FN3S/c18-13-5-1-4-12(10-13)11-15-20-14-6-2-8-19-17(14)21(15)16-7-3-9-22-16/h1-2,4-6,8,10,16H,3,7,9,11H2. The highest BCUT2D eigenvalue weighted by Gasteiger charge is 2.23. The van der Waals surface area contributed by atoms with Gasteiger partial charge in [-0.1, -0.05) is 12.1 Å². The molecule has 112 valence electrons. The lowest BCUT2D eigenvalue weighted by Gasteiger charge is -2.15. The third kappa shape index (κ3) is 2.50. The molecule has 0 spiro atoms. The minimum atomic E-state index is -0.200. The van der Waals surface area contributed by atoms with E-state index >= 15 is 0 Å². The van der Waals surface area contributed by atoms with Crippen molar-refractivity contribution in [2.24, 2.45) is 0 Å². The highest BCUT2D eigenvalue weighted by Crippen LogP contribution is 2.38. The van der Waals surface area contributed by atoms with Crippen LogP contribution in [0, 0.1) is 5.82 Å². The molecular formula is C17H16FN3S. The molecule has 3 aromatic rings. The number of imidazole rings is 1. The molecule has 1 fully saturated rings. The molecule has 1 aromatic carbocycles. The number of rotatable bonds is 3. The second-order valence-electron chi connectivity index (χ2n) is 5.52. The summed E-state index contributed by atoms with van der Waals surface area (Å²) < 4.78 is 15.7. The molecule has 1 unspecified atom stereocenters. The van der Waals surface area contributed by atoms with Gasteiger partial charge in [0.25, 0.3) is 0 Å². The summed E-state index contributed by atoms with van der Waals surface area (Å²) >= 11 is 1.95. The number of hydrogen-bond donors (Lipinski definition) is 0. The third-order valence-corrected chi connectivity index (χ3v) is 5.32. The van der Waals surface area contributed by atoms with Crippen LogP contribution in [0.4, 0.5) is 4.39 Å². The van der Waals surface area contributed by atoms with Crippen LogP contribution in [0.15, 0.2) is 42.6 Å². The summed E-state index contributed by atoms with van der Waals surface area (Å²) in [6, 6.07) is 10.7. The number of thioether (sulfide) groups is 1. The molecule has 1 aliphatic heterocycles. The van der Waals surface area contributed by atoms with Gasteiger partial charge >= 0.3 is 0 Å². The van der Waals surface area contributed by atoms with Gasteiger partial charge < -0.3 is 0 Å². The van der Waals surface area contributed by atoms with Crippen LogP contribution in [0.5, 0.6) is 0 Å². The fourth-order valence-electron chi connectivity index (χ4n) is 3.00. The molecule has 1 aliphatic rings. The van der Waals surface area contributed by atoms with E-state index in [-0.39, 0.29) is 5.82 Å². The predicted octanol–water partition coefficient (Wildman–Crippen LogP) is 4.19. The largest absolute Gasteiger partial charge is 0.300 e. The van der Waals surface area contributed by atoms with Crippen molar-refractivity contribution in [3.8, 4) is 0 Å². The van der Waals surface area contributed by atoms with Crippen molar-refractivity contribution < 1.29 is 4.39 Å². The third-order valence-electron chi connectivity index (χ3n) is 3.97. The maximum Gasteiger partial charge on any atom is 0.160 e. The number of pyridine rings is 1. The molecule has 4 rings (SSSR count). The van der Waals surface area contributed by atoms with Crippen molar-refractivity contribution in [1.29, 1.82) is 0 Å². The Kier molecular flexibility index (Phi) is 3.58. The summed E-state index contributed by atoms with van der Waals surface area (Å²) in [5.41, 5.74) is 2.80. The van der Waals surface area contributed by atoms with E-state index < -0.39 is 0 Å². The monoisotopic (exact) mass is 313 g/mol. The fourth-order valence-corrected chi connectivity index (χ4v) is 4.31. The maximum atomic E-state index is 13.4. The van der Waals surface area contributed by atoms with E-state index in [1.165, 1.54) is 18.2 Å². The molecule has 1 saturated heterocycles. The average Bonchev–Trinajstić information content (AvgIpc) is 3.13. The van der Waals surface area contributed by atoms with Crippen molar-refractivity contribution in [3.05, 3.63) is 59.8 Å². The normalized spacial score (nSPS) is 18.1. The van der Waals surface area contributed by atoms with Crippen LogP contribution in [0.3, 0.4) is 0 Å². The highest BCUT2D eigenvalue weighted by atomic mass is 32.2. The molecule has 3 nitrogen and oxygen atoms in total. The SMILES string of the molecule is Fc1cccc(Cc2nc3cccnc3n2C2CCCS2)c1. The zero-order valence-corrected chi connectivity index (χ0v) is 12.9. The van der Waals surface area contributed by atoms with E-state index in [2.05, 4.69) is 9.55 Å². The van der Waals surface area contributed by atoms with Gasteiger partial charge in [0.1, 0.15) is 17.2 Å². The van der Waals surface area contributed by atoms with Gasteiger partial charge in [0.2, 0.25) is 0 Å². The van der Waals surface area contributed by atoms with Gasteiger partial charge in [-0.2, -0.15) is 0 Å². The van der Waals surface area contributed by atoms with Crippen molar-refractivity contribution in [2.45, 2.75) is 24.6 Å². The van der Waals surface area contributed by atoms with Crippen molar-refractivity contribution in [2.75, 3.05) is 5.75 Å². The second kappa shape index (κ2) is 5.72. The minimum Gasteiger partial charge on any atom is -0.300 e. The maximum absolute atomic E-state index is 13.4. The van der Waals surface area contributed by atoms with Crippen molar-refractivity contribution in [3.63, 3.8) is 0 Å². The lowest BCUT2D eigenvalue weighted by Crippen LogP contribution is -2.08. The van der Waals surface area contributed by atoms with E-state index in [9.17, 15) is 4.39 Å². The molecule has 0 saturated carbocycles. The van der Waals surface area contributed by atoms with E-state index in [4.69, 9.17) is 4.98 Å². The fraction of sp³-hybridized carbons (Fsp3) is 0.294. The first-order valence-corrected chi connectivity index (χ1v) is 8.54. The number of benzene rings is 1. The Hall–Kier alpha value is -1.88. The van der Waals surface area contributed by atoms with Gasteiger partial charge in [-0.05, 0) is 48.4 Å². The summed E-state index contributed by atoms with van der Waals surface area (Å²) in [5.74, 6) is 1.95. The Morgan fingerprint density at radius 2 is 2.23 bits per heavy atom. The number of aromatic nitrogens is 3. The van der Waals surface area contributed by atoms with E-state index in [0.29, 0.717) is 11.8 Å². The van der Waals surface area contributed by atoms with Crippen LogP contribution in [-0.4, -0.2) is 20.3 Å². The molecular weight excluding hydrogens is 297 g/mol. The first kappa shape index (κ1) is 13.8. The highest BCUT2D eigenvalue weighted by molar-refractivity contribution is 7.99. The van der Waals surface area contributed by atoms with Crippen LogP contribution in [0.2, 0.25) is 0 Å². The van der Waals surface area contributed by atoms with Crippen LogP contribution in [0.1, 0.15) is 29.6 Å². The number of hydrogen-bond acceptors (Lipinski definition) is 3. The summed E-state index contributed by atoms with van der Waals surface area (Å²) in [6.07, 6.45) is 4.81. The predicted molar refractivity (Wildman–Crippen MR) is 87.5 cm³/mol. The van der Waals surface area contributed by atoms with Crippen LogP contribution < -0.4 is 0 Å². The Balaban J connectivity index is 1.80. The van der Waals surface area contributed by atoms with Gasteiger partial charge in [-0.25, -0.2) is 14.4 Å². The topological polar surface area (TPSA) is 30.7 Å². The van der Waals surface area contributed by atoms with Crippen LogP contribution >= 0.6 is 11.8 Å². The number of fused-ring (bicyclic) bond motifs is 1. The van der Waals surface area contributed by atoms with E-state index in [1.54, 1.807) is 12.1 Å². The van der Waals surface area contributed by atoms with E-state index in [0.717, 1.165) is 29.0 Å². The quantitative estimate of drug-likeness (QED) is 0.726. The second-order valence-corrected chi connectivity index (χ2v) is 6.80. The lowest BCUT2D eigenvalue weighted by molar-refractivity contribution is 0.619.